The van der Waals surface area contributed by atoms with E-state index < -0.39 is 11.8 Å². The highest BCUT2D eigenvalue weighted by Crippen LogP contribution is 2.30. The molecule has 5 nitrogen and oxygen atoms in total. The van der Waals surface area contributed by atoms with Crippen LogP contribution in [0.25, 0.3) is 0 Å². The molecule has 0 unspecified atom stereocenters. The van der Waals surface area contributed by atoms with Gasteiger partial charge in [0.05, 0.1) is 21.3 Å². The predicted molar refractivity (Wildman–Crippen MR) is 113 cm³/mol. The molecule has 0 bridgehead atoms. The number of aldehydes is 2. The van der Waals surface area contributed by atoms with E-state index in [0.29, 0.717) is 24.3 Å². The Morgan fingerprint density at radius 3 is 1.76 bits per heavy atom. The number of ether oxygens (including phenoxy) is 3. The molecule has 5 heteroatoms. The molecule has 0 saturated heterocycles. The van der Waals surface area contributed by atoms with Crippen LogP contribution in [0.15, 0.2) is 36.4 Å². The lowest BCUT2D eigenvalue weighted by Crippen LogP contribution is -2.22. The maximum absolute atomic E-state index is 11.8. The van der Waals surface area contributed by atoms with Gasteiger partial charge in [0.2, 0.25) is 0 Å². The van der Waals surface area contributed by atoms with Crippen molar-refractivity contribution in [2.24, 2.45) is 11.8 Å². The lowest BCUT2D eigenvalue weighted by Gasteiger charge is -2.19. The van der Waals surface area contributed by atoms with Gasteiger partial charge in [-0.3, -0.25) is 0 Å². The lowest BCUT2D eigenvalue weighted by molar-refractivity contribution is -0.119. The van der Waals surface area contributed by atoms with E-state index >= 15 is 0 Å². The number of benzene rings is 2. The van der Waals surface area contributed by atoms with Crippen LogP contribution in [0.3, 0.4) is 0 Å². The number of hydrogen-bond acceptors (Lipinski definition) is 5. The van der Waals surface area contributed by atoms with E-state index in [1.807, 2.05) is 30.3 Å². The van der Waals surface area contributed by atoms with Gasteiger partial charge in [-0.05, 0) is 54.2 Å². The number of carbonyl (C=O) groups excluding carboxylic acids is 2. The molecule has 156 valence electrons. The second-order valence-electron chi connectivity index (χ2n) is 7.09. The molecule has 0 aromatic heterocycles. The molecule has 2 aromatic rings. The van der Waals surface area contributed by atoms with Crippen LogP contribution in [-0.4, -0.2) is 33.9 Å². The van der Waals surface area contributed by atoms with E-state index in [1.54, 1.807) is 21.3 Å². The van der Waals surface area contributed by atoms with Crippen LogP contribution in [0, 0.1) is 11.8 Å². The van der Waals surface area contributed by atoms with E-state index in [1.165, 1.54) is 0 Å². The van der Waals surface area contributed by atoms with Gasteiger partial charge >= 0.3 is 0 Å². The number of aryl methyl sites for hydroxylation is 1. The minimum atomic E-state index is -0.415. The van der Waals surface area contributed by atoms with E-state index in [4.69, 9.17) is 14.2 Å². The average Bonchev–Trinajstić information content (AvgIpc) is 2.76. The molecule has 0 spiro atoms. The van der Waals surface area contributed by atoms with Crippen molar-refractivity contribution in [3.8, 4) is 17.2 Å². The Hall–Kier alpha value is -2.82. The average molecular weight is 398 g/mol. The highest BCUT2D eigenvalue weighted by molar-refractivity contribution is 5.66. The van der Waals surface area contributed by atoms with Crippen molar-refractivity contribution in [1.82, 2.24) is 0 Å². The standard InChI is InChI=1S/C24H30O5/c1-5-6-19-11-17(7-9-22(19)27-2)12-20(15-25)21(16-26)13-18-8-10-23(28-3)24(14-18)29-4/h7-11,14-16,20-21H,5-6,12-13H2,1-4H3/t20-,21+/m0/s1. The summed E-state index contributed by atoms with van der Waals surface area (Å²) in [6.45, 7) is 2.12. The van der Waals surface area contributed by atoms with Crippen molar-refractivity contribution >= 4 is 12.6 Å². The van der Waals surface area contributed by atoms with Gasteiger partial charge in [0, 0.05) is 11.8 Å². The molecule has 2 atom stereocenters. The molecule has 0 amide bonds. The van der Waals surface area contributed by atoms with Crippen molar-refractivity contribution in [2.45, 2.75) is 32.6 Å². The minimum absolute atomic E-state index is 0.400. The second kappa shape index (κ2) is 11.2. The van der Waals surface area contributed by atoms with Crippen LogP contribution >= 0.6 is 0 Å². The molecule has 0 aliphatic rings. The maximum Gasteiger partial charge on any atom is 0.160 e. The summed E-state index contributed by atoms with van der Waals surface area (Å²) in [5.74, 6) is 1.28. The third-order valence-corrected chi connectivity index (χ3v) is 5.15. The highest BCUT2D eigenvalue weighted by atomic mass is 16.5. The van der Waals surface area contributed by atoms with Crippen LogP contribution in [0.2, 0.25) is 0 Å². The van der Waals surface area contributed by atoms with Crippen LogP contribution in [-0.2, 0) is 28.9 Å². The summed E-state index contributed by atoms with van der Waals surface area (Å²) in [5, 5.41) is 0. The molecule has 0 N–H and O–H groups in total. The van der Waals surface area contributed by atoms with E-state index in [0.717, 1.165) is 47.9 Å². The normalized spacial score (nSPS) is 12.7. The van der Waals surface area contributed by atoms with Gasteiger partial charge in [0.1, 0.15) is 18.3 Å². The molecule has 0 saturated carbocycles. The molecule has 0 aliphatic carbocycles. The Balaban J connectivity index is 2.20. The van der Waals surface area contributed by atoms with Crippen molar-refractivity contribution < 1.29 is 23.8 Å². The van der Waals surface area contributed by atoms with Crippen molar-refractivity contribution in [1.29, 1.82) is 0 Å². The first kappa shape index (κ1) is 22.5. The van der Waals surface area contributed by atoms with Crippen molar-refractivity contribution in [3.05, 3.63) is 53.1 Å². The summed E-state index contributed by atoms with van der Waals surface area (Å²) in [7, 11) is 4.81. The lowest BCUT2D eigenvalue weighted by atomic mass is 9.84. The van der Waals surface area contributed by atoms with Crippen LogP contribution < -0.4 is 14.2 Å². The largest absolute Gasteiger partial charge is 0.496 e. The number of rotatable bonds is 12. The fourth-order valence-electron chi connectivity index (χ4n) is 3.58. The first-order valence-corrected chi connectivity index (χ1v) is 9.87. The summed E-state index contributed by atoms with van der Waals surface area (Å²) in [6.07, 6.45) is 4.67. The van der Waals surface area contributed by atoms with Crippen LogP contribution in [0.1, 0.15) is 30.0 Å². The van der Waals surface area contributed by atoms with Gasteiger partial charge in [0.25, 0.3) is 0 Å². The zero-order chi connectivity index (χ0) is 21.2. The Morgan fingerprint density at radius 2 is 1.28 bits per heavy atom. The monoisotopic (exact) mass is 398 g/mol. The van der Waals surface area contributed by atoms with Gasteiger partial charge in [-0.1, -0.05) is 31.5 Å². The number of carbonyl (C=O) groups is 2. The molecular formula is C24H30O5. The minimum Gasteiger partial charge on any atom is -0.496 e. The third-order valence-electron chi connectivity index (χ3n) is 5.15. The molecule has 2 aromatic carbocycles. The summed E-state index contributed by atoms with van der Waals surface area (Å²) in [4.78, 5) is 23.6. The number of methoxy groups -OCH3 is 3. The smallest absolute Gasteiger partial charge is 0.160 e. The summed E-state index contributed by atoms with van der Waals surface area (Å²) >= 11 is 0. The summed E-state index contributed by atoms with van der Waals surface area (Å²) in [5.41, 5.74) is 3.08. The van der Waals surface area contributed by atoms with Gasteiger partial charge in [0.15, 0.2) is 11.5 Å². The Bertz CT molecular complexity index is 815. The van der Waals surface area contributed by atoms with Crippen LogP contribution in [0.4, 0.5) is 0 Å². The molecule has 0 radical (unpaired) electrons. The molecule has 0 fully saturated rings. The summed E-state index contributed by atoms with van der Waals surface area (Å²) in [6, 6.07) is 11.5. The third kappa shape index (κ3) is 5.83. The number of hydrogen-bond donors (Lipinski definition) is 0. The van der Waals surface area contributed by atoms with Gasteiger partial charge < -0.3 is 23.8 Å². The van der Waals surface area contributed by atoms with Gasteiger partial charge in [-0.15, -0.1) is 0 Å². The molecule has 0 aliphatic heterocycles. The fraction of sp³-hybridized carbons (Fsp3) is 0.417. The summed E-state index contributed by atoms with van der Waals surface area (Å²) < 4.78 is 16.0. The van der Waals surface area contributed by atoms with Crippen molar-refractivity contribution in [2.75, 3.05) is 21.3 Å². The van der Waals surface area contributed by atoms with E-state index in [2.05, 4.69) is 13.0 Å². The molecular weight excluding hydrogens is 368 g/mol. The van der Waals surface area contributed by atoms with E-state index in [9.17, 15) is 9.59 Å². The van der Waals surface area contributed by atoms with Gasteiger partial charge in [-0.25, -0.2) is 0 Å². The fourth-order valence-corrected chi connectivity index (χ4v) is 3.58. The predicted octanol–water partition coefficient (Wildman–Crippen LogP) is 4.08. The Morgan fingerprint density at radius 1 is 0.759 bits per heavy atom. The first-order valence-electron chi connectivity index (χ1n) is 9.87. The zero-order valence-corrected chi connectivity index (χ0v) is 17.6. The second-order valence-corrected chi connectivity index (χ2v) is 7.09. The van der Waals surface area contributed by atoms with Crippen molar-refractivity contribution in [3.63, 3.8) is 0 Å². The Labute approximate surface area is 173 Å². The SMILES string of the molecule is CCCc1cc(C[C@@H](C=O)[C@@H](C=O)Cc2ccc(OC)c(OC)c2)ccc1OC. The highest BCUT2D eigenvalue weighted by Gasteiger charge is 2.22. The zero-order valence-electron chi connectivity index (χ0n) is 17.6. The quantitative estimate of drug-likeness (QED) is 0.504. The van der Waals surface area contributed by atoms with E-state index in [-0.39, 0.29) is 0 Å². The topological polar surface area (TPSA) is 61.8 Å². The molecule has 0 heterocycles. The maximum atomic E-state index is 11.8. The first-order chi connectivity index (χ1) is 14.1. The van der Waals surface area contributed by atoms with Crippen LogP contribution in [0.5, 0.6) is 17.2 Å². The Kier molecular flexibility index (Phi) is 8.71. The molecule has 29 heavy (non-hydrogen) atoms. The van der Waals surface area contributed by atoms with Gasteiger partial charge in [-0.2, -0.15) is 0 Å². The molecule has 2 rings (SSSR count).